The Morgan fingerprint density at radius 3 is 1.13 bits per heavy atom. The van der Waals surface area contributed by atoms with E-state index in [1.54, 1.807) is 36.4 Å². The first kappa shape index (κ1) is 50.0. The molecule has 4 aliphatic heterocycles. The number of hydrogen-bond acceptors (Lipinski definition) is 8. The second-order valence-electron chi connectivity index (χ2n) is 22.7. The van der Waals surface area contributed by atoms with Gasteiger partial charge in [-0.15, -0.1) is 0 Å². The van der Waals surface area contributed by atoms with E-state index in [2.05, 4.69) is 13.8 Å². The van der Waals surface area contributed by atoms with Gasteiger partial charge in [-0.1, -0.05) is 112 Å². The van der Waals surface area contributed by atoms with Crippen LogP contribution in [0, 0.1) is 49.4 Å². The van der Waals surface area contributed by atoms with Gasteiger partial charge in [0.1, 0.15) is 0 Å². The lowest BCUT2D eigenvalue weighted by Gasteiger charge is -2.32. The average molecular weight is 1100 g/mol. The maximum Gasteiger partial charge on any atom is 0.266 e. The van der Waals surface area contributed by atoms with Crippen LogP contribution >= 0.6 is 46.4 Å². The minimum Gasteiger partial charge on any atom is -0.489 e. The van der Waals surface area contributed by atoms with E-state index in [-0.39, 0.29) is 54.2 Å². The fourth-order valence-corrected chi connectivity index (χ4v) is 15.1. The monoisotopic (exact) mass is 1100 g/mol. The Bertz CT molecular complexity index is 3520. The van der Waals surface area contributed by atoms with Crippen LogP contribution in [-0.2, 0) is 0 Å². The van der Waals surface area contributed by atoms with E-state index in [9.17, 15) is 0 Å². The zero-order chi connectivity index (χ0) is 52.6. The van der Waals surface area contributed by atoms with Crippen LogP contribution in [0.4, 0.5) is 11.4 Å². The molecule has 14 heteroatoms. The van der Waals surface area contributed by atoms with Crippen molar-refractivity contribution in [2.75, 3.05) is 36.2 Å². The third kappa shape index (κ3) is 7.84. The number of fused-ring (bicyclic) bond motifs is 4. The summed E-state index contributed by atoms with van der Waals surface area (Å²) in [6.45, 7) is 10.3. The summed E-state index contributed by atoms with van der Waals surface area (Å²) in [4.78, 5) is 62.5. The van der Waals surface area contributed by atoms with Crippen LogP contribution in [0.3, 0.4) is 0 Å². The molecule has 0 bridgehead atoms. The van der Waals surface area contributed by atoms with Gasteiger partial charge >= 0.3 is 0 Å². The van der Waals surface area contributed by atoms with Gasteiger partial charge in [-0.3, -0.25) is 19.2 Å². The molecule has 392 valence electrons. The normalized spacial score (nSPS) is 23.6. The number of aryl methyl sites for hydroxylation is 2. The average Bonchev–Trinajstić information content (AvgIpc) is 3.75. The summed E-state index contributed by atoms with van der Waals surface area (Å²) >= 11 is 29.5. The van der Waals surface area contributed by atoms with E-state index in [0.29, 0.717) is 127 Å². The lowest BCUT2D eigenvalue weighted by molar-refractivity contribution is 0.0877. The van der Waals surface area contributed by atoms with Crippen molar-refractivity contribution >= 4 is 124 Å². The summed E-state index contributed by atoms with van der Waals surface area (Å²) in [6.07, 6.45) is 14.6. The molecule has 2 atom stereocenters. The van der Waals surface area contributed by atoms with Gasteiger partial charge in [0.2, 0.25) is 0 Å². The van der Waals surface area contributed by atoms with E-state index in [0.717, 1.165) is 47.3 Å². The van der Waals surface area contributed by atoms with Crippen LogP contribution in [0.15, 0.2) is 48.5 Å². The van der Waals surface area contributed by atoms with Gasteiger partial charge in [-0.2, -0.15) is 0 Å². The first-order chi connectivity index (χ1) is 36.7. The molecule has 10 nitrogen and oxygen atoms in total. The van der Waals surface area contributed by atoms with Crippen LogP contribution in [0.2, 0.25) is 20.1 Å². The summed E-state index contributed by atoms with van der Waals surface area (Å²) < 4.78 is 25.8. The number of benzene rings is 7. The number of rotatable bonds is 8. The highest BCUT2D eigenvalue weighted by molar-refractivity contribution is 6.57. The lowest BCUT2D eigenvalue weighted by Crippen LogP contribution is -2.41. The van der Waals surface area contributed by atoms with Crippen LogP contribution in [-0.4, -0.2) is 50.1 Å². The number of amides is 4. The molecule has 2 aliphatic carbocycles. The zero-order valence-corrected chi connectivity index (χ0v) is 46.1. The third-order valence-electron chi connectivity index (χ3n) is 18.2. The Morgan fingerprint density at radius 2 is 0.776 bits per heavy atom. The summed E-state index contributed by atoms with van der Waals surface area (Å²) in [5.74, 6) is 2.71. The zero-order valence-electron chi connectivity index (χ0n) is 43.1. The molecular formula is C62H58Cl4N2O8. The Kier molecular flexibility index (Phi) is 12.6. The van der Waals surface area contributed by atoms with E-state index >= 15 is 19.2 Å². The largest absolute Gasteiger partial charge is 0.489 e. The number of carbonyl (C=O) groups is 4. The number of carbonyl (C=O) groups excluding carboxylic acids is 4. The van der Waals surface area contributed by atoms with Crippen molar-refractivity contribution in [3.05, 3.63) is 102 Å². The van der Waals surface area contributed by atoms with Crippen LogP contribution < -0.4 is 28.7 Å². The molecule has 76 heavy (non-hydrogen) atoms. The minimum absolute atomic E-state index is 0.151. The van der Waals surface area contributed by atoms with Crippen LogP contribution in [0.25, 0.3) is 43.1 Å². The summed E-state index contributed by atoms with van der Waals surface area (Å²) in [5.41, 5.74) is 2.71. The lowest BCUT2D eigenvalue weighted by atomic mass is 9.75. The smallest absolute Gasteiger partial charge is 0.266 e. The molecule has 4 heterocycles. The van der Waals surface area contributed by atoms with Crippen LogP contribution in [0.1, 0.15) is 143 Å². The summed E-state index contributed by atoms with van der Waals surface area (Å²) in [6, 6.07) is 13.3. The molecule has 2 saturated carbocycles. The second-order valence-corrected chi connectivity index (χ2v) is 24.4. The summed E-state index contributed by atoms with van der Waals surface area (Å²) in [7, 11) is 0. The SMILES string of the molecule is CCCCCC1CCC(C2COc3cc(C)c(N4C(=O)c5cc(Cl)c6c7c(Cl)cc8c9c(cc(Cl)c(c%10c(Cl)cc(c5c6%10)C4=O)c97)C(=O)N(c4cc5c(cc4C)OCC(C4CCC(C)CC4)CO5)C8=O)cc3OC2)CC1. The van der Waals surface area contributed by atoms with Crippen molar-refractivity contribution in [1.82, 2.24) is 0 Å². The standard InChI is InChI=1S/C62H58Cl4N2O8/c1-5-6-7-8-32-11-15-34(16-12-32)36-26-74-48-18-31(4)46(24-50(48)76-28-36)68-61(71)39-21-43(65)55-53-41(63)19-37-51-38(20-42(64)54(57(51)53)56-44(66)22-40(62(68)72)52(39)58(55)56)60(70)67(59(37)69)45-23-49-47(17-30(45)3)73-25-35(27-75-49)33-13-9-29(2)10-14-33/h17-24,29,32-36H,5-16,25-28H2,1-4H3. The predicted molar refractivity (Wildman–Crippen MR) is 302 cm³/mol. The molecule has 2 fully saturated rings. The number of ether oxygens (including phenoxy) is 4. The van der Waals surface area contributed by atoms with Gasteiger partial charge in [0, 0.05) is 87.1 Å². The van der Waals surface area contributed by atoms with Gasteiger partial charge in [0.25, 0.3) is 23.6 Å². The molecule has 0 spiro atoms. The Balaban J connectivity index is 0.855. The van der Waals surface area contributed by atoms with Crippen molar-refractivity contribution in [2.45, 2.75) is 105 Å². The second kappa shape index (κ2) is 19.1. The highest BCUT2D eigenvalue weighted by Gasteiger charge is 2.43. The van der Waals surface area contributed by atoms with Crippen molar-refractivity contribution < 1.29 is 38.1 Å². The highest BCUT2D eigenvalue weighted by Crippen LogP contribution is 2.55. The number of hydrogen-bond donors (Lipinski definition) is 0. The number of nitrogens with zero attached hydrogens (tertiary/aromatic N) is 2. The van der Waals surface area contributed by atoms with Gasteiger partial charge in [0.15, 0.2) is 23.0 Å². The van der Waals surface area contributed by atoms with Crippen molar-refractivity contribution in [1.29, 1.82) is 0 Å². The first-order valence-electron chi connectivity index (χ1n) is 27.3. The molecule has 13 rings (SSSR count). The van der Waals surface area contributed by atoms with E-state index < -0.39 is 23.6 Å². The Labute approximate surface area is 461 Å². The quantitative estimate of drug-likeness (QED) is 0.0640. The number of unbranched alkanes of at least 4 members (excludes halogenated alkanes) is 2. The minimum atomic E-state index is -0.587. The van der Waals surface area contributed by atoms with Crippen LogP contribution in [0.5, 0.6) is 23.0 Å². The molecule has 0 N–H and O–H groups in total. The van der Waals surface area contributed by atoms with Crippen molar-refractivity contribution in [2.24, 2.45) is 35.5 Å². The van der Waals surface area contributed by atoms with Gasteiger partial charge < -0.3 is 18.9 Å². The Hall–Kier alpha value is -5.52. The Morgan fingerprint density at radius 1 is 0.434 bits per heavy atom. The predicted octanol–water partition coefficient (Wildman–Crippen LogP) is 16.6. The molecule has 7 aromatic rings. The van der Waals surface area contributed by atoms with Crippen molar-refractivity contribution in [3.63, 3.8) is 0 Å². The molecule has 2 unspecified atom stereocenters. The maximum atomic E-state index is 15.1. The van der Waals surface area contributed by atoms with Gasteiger partial charge in [-0.25, -0.2) is 9.80 Å². The molecule has 0 saturated heterocycles. The van der Waals surface area contributed by atoms with E-state index in [1.807, 2.05) is 26.0 Å². The molecule has 4 amide bonds. The van der Waals surface area contributed by atoms with Crippen molar-refractivity contribution in [3.8, 4) is 23.0 Å². The number of halogens is 4. The highest BCUT2D eigenvalue weighted by atomic mass is 35.5. The van der Waals surface area contributed by atoms with Gasteiger partial charge in [0.05, 0.1) is 60.1 Å². The van der Waals surface area contributed by atoms with E-state index in [1.165, 1.54) is 51.4 Å². The maximum absolute atomic E-state index is 15.1. The topological polar surface area (TPSA) is 112 Å². The molecular weight excluding hydrogens is 1040 g/mol. The molecule has 6 aliphatic rings. The third-order valence-corrected chi connectivity index (χ3v) is 19.4. The number of imide groups is 2. The van der Waals surface area contributed by atoms with Gasteiger partial charge in [-0.05, 0) is 111 Å². The summed E-state index contributed by atoms with van der Waals surface area (Å²) in [5, 5.41) is 3.73. The molecule has 7 aromatic carbocycles. The molecule has 0 radical (unpaired) electrons. The fourth-order valence-electron chi connectivity index (χ4n) is 13.9. The number of anilines is 2. The van der Waals surface area contributed by atoms with E-state index in [4.69, 9.17) is 65.4 Å². The first-order valence-corrected chi connectivity index (χ1v) is 28.8. The molecule has 0 aromatic heterocycles. The fraction of sp³-hybridized carbons (Fsp3) is 0.419.